The maximum Gasteiger partial charge on any atom is 0.408 e. The number of carboxylic acids is 1. The number of ether oxygens (including phenoxy) is 1. The van der Waals surface area contributed by atoms with E-state index in [0.29, 0.717) is 6.42 Å². The molecule has 1 amide bonds. The first kappa shape index (κ1) is 15.7. The summed E-state index contributed by atoms with van der Waals surface area (Å²) in [6, 6.07) is 0. The van der Waals surface area contributed by atoms with Gasteiger partial charge >= 0.3 is 12.1 Å². The number of carbonyl (C=O) groups is 2. The minimum absolute atomic E-state index is 0.387. The van der Waals surface area contributed by atoms with Gasteiger partial charge in [-0.05, 0) is 34.1 Å². The predicted molar refractivity (Wildman–Crippen MR) is 64.9 cm³/mol. The van der Waals surface area contributed by atoms with E-state index in [0.717, 1.165) is 12.8 Å². The topological polar surface area (TPSA) is 75.6 Å². The van der Waals surface area contributed by atoms with Gasteiger partial charge in [-0.2, -0.15) is 0 Å². The van der Waals surface area contributed by atoms with Crippen LogP contribution in [0, 0.1) is 0 Å². The Bertz CT molecular complexity index is 283. The molecular weight excluding hydrogens is 222 g/mol. The number of alkyl carbamates (subject to hydrolysis) is 1. The van der Waals surface area contributed by atoms with Crippen molar-refractivity contribution in [3.05, 3.63) is 0 Å². The van der Waals surface area contributed by atoms with Gasteiger partial charge < -0.3 is 15.2 Å². The molecular formula is C12H23NO4. The van der Waals surface area contributed by atoms with Crippen LogP contribution in [0.5, 0.6) is 0 Å². The molecule has 0 saturated carbocycles. The zero-order valence-electron chi connectivity index (χ0n) is 11.3. The number of aliphatic carboxylic acids is 1. The van der Waals surface area contributed by atoms with E-state index in [-0.39, 0.29) is 0 Å². The van der Waals surface area contributed by atoms with Crippen LogP contribution >= 0.6 is 0 Å². The third-order valence-electron chi connectivity index (χ3n) is 2.28. The fourth-order valence-corrected chi connectivity index (χ4v) is 1.28. The van der Waals surface area contributed by atoms with Crippen LogP contribution in [0.2, 0.25) is 0 Å². The number of amides is 1. The zero-order chi connectivity index (χ0) is 13.7. The lowest BCUT2D eigenvalue weighted by molar-refractivity contribution is -0.144. The standard InChI is InChI=1S/C12H23NO4/c1-6-7-8-12(5,9(14)15)13-10(16)17-11(2,3)4/h6-8H2,1-5H3,(H,13,16)(H,14,15)/t12-/m1/s1. The molecule has 17 heavy (non-hydrogen) atoms. The Morgan fingerprint density at radius 3 is 2.12 bits per heavy atom. The summed E-state index contributed by atoms with van der Waals surface area (Å²) in [6.45, 7) is 8.66. The van der Waals surface area contributed by atoms with Gasteiger partial charge in [0, 0.05) is 0 Å². The first-order valence-corrected chi connectivity index (χ1v) is 5.85. The number of nitrogens with one attached hydrogen (secondary N) is 1. The van der Waals surface area contributed by atoms with Gasteiger partial charge in [-0.15, -0.1) is 0 Å². The second kappa shape index (κ2) is 5.89. The number of hydrogen-bond acceptors (Lipinski definition) is 3. The molecule has 0 aromatic carbocycles. The van der Waals surface area contributed by atoms with Crippen molar-refractivity contribution in [2.75, 3.05) is 0 Å². The minimum Gasteiger partial charge on any atom is -0.480 e. The Kier molecular flexibility index (Phi) is 5.45. The Labute approximate surface area is 103 Å². The molecule has 0 aliphatic carbocycles. The number of carbonyl (C=O) groups excluding carboxylic acids is 1. The summed E-state index contributed by atoms with van der Waals surface area (Å²) >= 11 is 0. The molecule has 0 aliphatic heterocycles. The highest BCUT2D eigenvalue weighted by molar-refractivity contribution is 5.83. The fraction of sp³-hybridized carbons (Fsp3) is 0.833. The van der Waals surface area contributed by atoms with Crippen molar-refractivity contribution in [3.8, 4) is 0 Å². The van der Waals surface area contributed by atoms with Gasteiger partial charge in [0.1, 0.15) is 11.1 Å². The molecule has 0 rings (SSSR count). The smallest absolute Gasteiger partial charge is 0.408 e. The number of rotatable bonds is 5. The van der Waals surface area contributed by atoms with Crippen molar-refractivity contribution < 1.29 is 19.4 Å². The monoisotopic (exact) mass is 245 g/mol. The Morgan fingerprint density at radius 2 is 1.76 bits per heavy atom. The normalized spacial score (nSPS) is 14.9. The SMILES string of the molecule is CCCC[C@@](C)(NC(=O)OC(C)(C)C)C(=O)O. The molecule has 0 bridgehead atoms. The van der Waals surface area contributed by atoms with Gasteiger partial charge in [-0.25, -0.2) is 9.59 Å². The fourth-order valence-electron chi connectivity index (χ4n) is 1.28. The van der Waals surface area contributed by atoms with E-state index < -0.39 is 23.2 Å². The highest BCUT2D eigenvalue weighted by Crippen LogP contribution is 2.16. The third-order valence-corrected chi connectivity index (χ3v) is 2.28. The number of carboxylic acid groups (broad SMARTS) is 1. The van der Waals surface area contributed by atoms with Crippen molar-refractivity contribution in [1.82, 2.24) is 5.32 Å². The third kappa shape index (κ3) is 6.14. The Balaban J connectivity index is 4.55. The van der Waals surface area contributed by atoms with E-state index in [2.05, 4.69) is 5.32 Å². The zero-order valence-corrected chi connectivity index (χ0v) is 11.3. The molecule has 0 spiro atoms. The molecule has 0 aromatic heterocycles. The molecule has 0 saturated heterocycles. The second-order valence-electron chi connectivity index (χ2n) is 5.37. The average molecular weight is 245 g/mol. The van der Waals surface area contributed by atoms with Crippen molar-refractivity contribution in [1.29, 1.82) is 0 Å². The van der Waals surface area contributed by atoms with E-state index in [1.807, 2.05) is 6.92 Å². The maximum atomic E-state index is 11.5. The van der Waals surface area contributed by atoms with E-state index in [9.17, 15) is 9.59 Å². The van der Waals surface area contributed by atoms with E-state index >= 15 is 0 Å². The Hall–Kier alpha value is -1.26. The summed E-state index contributed by atoms with van der Waals surface area (Å²) in [5.41, 5.74) is -1.90. The average Bonchev–Trinajstić information content (AvgIpc) is 2.11. The van der Waals surface area contributed by atoms with Crippen LogP contribution in [0.25, 0.3) is 0 Å². The molecule has 5 nitrogen and oxygen atoms in total. The van der Waals surface area contributed by atoms with Crippen LogP contribution in [0.15, 0.2) is 0 Å². The number of unbranched alkanes of at least 4 members (excludes halogenated alkanes) is 1. The lowest BCUT2D eigenvalue weighted by Crippen LogP contribution is -2.53. The molecule has 0 fully saturated rings. The quantitative estimate of drug-likeness (QED) is 0.780. The summed E-state index contributed by atoms with van der Waals surface area (Å²) in [7, 11) is 0. The van der Waals surface area contributed by atoms with E-state index in [4.69, 9.17) is 9.84 Å². The van der Waals surface area contributed by atoms with Crippen molar-refractivity contribution in [3.63, 3.8) is 0 Å². The summed E-state index contributed by atoms with van der Waals surface area (Å²) in [5.74, 6) is -1.04. The van der Waals surface area contributed by atoms with Gasteiger partial charge in [0.25, 0.3) is 0 Å². The summed E-state index contributed by atoms with van der Waals surface area (Å²) in [4.78, 5) is 22.7. The van der Waals surface area contributed by atoms with Crippen molar-refractivity contribution >= 4 is 12.1 Å². The van der Waals surface area contributed by atoms with Crippen LogP contribution in [-0.4, -0.2) is 28.3 Å². The Morgan fingerprint density at radius 1 is 1.24 bits per heavy atom. The molecule has 0 heterocycles. The maximum absolute atomic E-state index is 11.5. The first-order chi connectivity index (χ1) is 7.60. The van der Waals surface area contributed by atoms with Gasteiger partial charge in [-0.1, -0.05) is 19.8 Å². The molecule has 5 heteroatoms. The van der Waals surface area contributed by atoms with E-state index in [1.165, 1.54) is 6.92 Å². The summed E-state index contributed by atoms with van der Waals surface area (Å²) in [5, 5.41) is 11.6. The van der Waals surface area contributed by atoms with E-state index in [1.54, 1.807) is 20.8 Å². The van der Waals surface area contributed by atoms with Crippen LogP contribution in [0.4, 0.5) is 4.79 Å². The molecule has 100 valence electrons. The van der Waals surface area contributed by atoms with Gasteiger partial charge in [-0.3, -0.25) is 0 Å². The first-order valence-electron chi connectivity index (χ1n) is 5.85. The molecule has 0 aromatic rings. The van der Waals surface area contributed by atoms with Gasteiger partial charge in [0.05, 0.1) is 0 Å². The van der Waals surface area contributed by atoms with Crippen LogP contribution in [0.1, 0.15) is 53.9 Å². The number of hydrogen-bond donors (Lipinski definition) is 2. The highest BCUT2D eigenvalue weighted by atomic mass is 16.6. The highest BCUT2D eigenvalue weighted by Gasteiger charge is 2.35. The molecule has 0 unspecified atom stereocenters. The largest absolute Gasteiger partial charge is 0.480 e. The van der Waals surface area contributed by atoms with Crippen molar-refractivity contribution in [2.45, 2.75) is 65.0 Å². The van der Waals surface area contributed by atoms with Gasteiger partial charge in [0.15, 0.2) is 0 Å². The van der Waals surface area contributed by atoms with Crippen LogP contribution in [0.3, 0.4) is 0 Å². The summed E-state index contributed by atoms with van der Waals surface area (Å²) in [6.07, 6.45) is 1.30. The van der Waals surface area contributed by atoms with Crippen LogP contribution in [-0.2, 0) is 9.53 Å². The minimum atomic E-state index is -1.27. The van der Waals surface area contributed by atoms with Crippen molar-refractivity contribution in [2.24, 2.45) is 0 Å². The predicted octanol–water partition coefficient (Wildman–Crippen LogP) is 2.54. The molecule has 1 atom stereocenters. The lowest BCUT2D eigenvalue weighted by Gasteiger charge is -2.28. The lowest BCUT2D eigenvalue weighted by atomic mass is 9.95. The molecule has 2 N–H and O–H groups in total. The second-order valence-corrected chi connectivity index (χ2v) is 5.37. The van der Waals surface area contributed by atoms with Crippen LogP contribution < -0.4 is 5.32 Å². The molecule has 0 radical (unpaired) electrons. The molecule has 0 aliphatic rings. The summed E-state index contributed by atoms with van der Waals surface area (Å²) < 4.78 is 5.05. The van der Waals surface area contributed by atoms with Gasteiger partial charge in [0.2, 0.25) is 0 Å².